The molecule has 0 bridgehead atoms. The second kappa shape index (κ2) is 6.43. The van der Waals surface area contributed by atoms with E-state index in [1.54, 1.807) is 4.90 Å². The summed E-state index contributed by atoms with van der Waals surface area (Å²) in [5.74, 6) is 0.160. The SMILES string of the molecule is CCC(Br)C(=O)N(C)CCNC. The van der Waals surface area contributed by atoms with Crippen LogP contribution in [-0.4, -0.2) is 42.8 Å². The molecule has 0 saturated heterocycles. The number of likely N-dealkylation sites (N-methyl/N-ethyl adjacent to an activating group) is 2. The van der Waals surface area contributed by atoms with E-state index in [2.05, 4.69) is 21.2 Å². The van der Waals surface area contributed by atoms with Crippen LogP contribution in [0.4, 0.5) is 0 Å². The highest BCUT2D eigenvalue weighted by molar-refractivity contribution is 9.10. The largest absolute Gasteiger partial charge is 0.344 e. The molecule has 0 rings (SSSR count). The number of amides is 1. The van der Waals surface area contributed by atoms with E-state index in [1.165, 1.54) is 0 Å². The molecule has 0 aromatic carbocycles. The Labute approximate surface area is 82.6 Å². The monoisotopic (exact) mass is 236 g/mol. The summed E-state index contributed by atoms with van der Waals surface area (Å²) in [6.07, 6.45) is 0.836. The molecule has 0 saturated carbocycles. The van der Waals surface area contributed by atoms with Gasteiger partial charge in [-0.3, -0.25) is 4.79 Å². The summed E-state index contributed by atoms with van der Waals surface area (Å²) < 4.78 is 0. The van der Waals surface area contributed by atoms with Crippen molar-refractivity contribution in [1.29, 1.82) is 0 Å². The van der Waals surface area contributed by atoms with Crippen LogP contribution in [-0.2, 0) is 4.79 Å². The normalized spacial score (nSPS) is 12.7. The van der Waals surface area contributed by atoms with Crippen LogP contribution in [0.2, 0.25) is 0 Å². The molecule has 0 heterocycles. The van der Waals surface area contributed by atoms with Crippen molar-refractivity contribution in [3.63, 3.8) is 0 Å². The number of alkyl halides is 1. The van der Waals surface area contributed by atoms with Gasteiger partial charge in [0.05, 0.1) is 4.83 Å². The first-order valence-corrected chi connectivity index (χ1v) is 5.08. The Bertz CT molecular complexity index is 141. The van der Waals surface area contributed by atoms with E-state index >= 15 is 0 Å². The molecule has 0 radical (unpaired) electrons. The van der Waals surface area contributed by atoms with Crippen LogP contribution in [0, 0.1) is 0 Å². The fraction of sp³-hybridized carbons (Fsp3) is 0.875. The summed E-state index contributed by atoms with van der Waals surface area (Å²) in [4.78, 5) is 13.1. The lowest BCUT2D eigenvalue weighted by Gasteiger charge is -2.19. The van der Waals surface area contributed by atoms with E-state index in [0.29, 0.717) is 0 Å². The maximum Gasteiger partial charge on any atom is 0.236 e. The average molecular weight is 237 g/mol. The zero-order valence-corrected chi connectivity index (χ0v) is 9.52. The Kier molecular flexibility index (Phi) is 6.38. The van der Waals surface area contributed by atoms with E-state index in [4.69, 9.17) is 0 Å². The Morgan fingerprint density at radius 2 is 2.25 bits per heavy atom. The van der Waals surface area contributed by atoms with Gasteiger partial charge in [0.15, 0.2) is 0 Å². The third-order valence-electron chi connectivity index (χ3n) is 1.70. The summed E-state index contributed by atoms with van der Waals surface area (Å²) in [5, 5.41) is 3.00. The van der Waals surface area contributed by atoms with Gasteiger partial charge in [-0.1, -0.05) is 22.9 Å². The third-order valence-corrected chi connectivity index (χ3v) is 2.74. The molecule has 0 aliphatic carbocycles. The minimum atomic E-state index is -0.0284. The van der Waals surface area contributed by atoms with Gasteiger partial charge < -0.3 is 10.2 Å². The molecule has 1 amide bonds. The first kappa shape index (κ1) is 11.9. The highest BCUT2D eigenvalue weighted by atomic mass is 79.9. The lowest BCUT2D eigenvalue weighted by Crippen LogP contribution is -2.37. The first-order valence-electron chi connectivity index (χ1n) is 4.17. The molecule has 1 unspecified atom stereocenters. The van der Waals surface area contributed by atoms with Gasteiger partial charge in [-0.05, 0) is 13.5 Å². The maximum atomic E-state index is 11.4. The number of hydrogen-bond acceptors (Lipinski definition) is 2. The second-order valence-electron chi connectivity index (χ2n) is 2.74. The molecule has 0 aliphatic heterocycles. The van der Waals surface area contributed by atoms with Gasteiger partial charge in [-0.15, -0.1) is 0 Å². The fourth-order valence-electron chi connectivity index (χ4n) is 0.803. The molecule has 0 aliphatic rings. The van der Waals surface area contributed by atoms with Crippen molar-refractivity contribution in [3.8, 4) is 0 Å². The summed E-state index contributed by atoms with van der Waals surface area (Å²) in [7, 11) is 3.70. The minimum Gasteiger partial charge on any atom is -0.344 e. The number of halogens is 1. The lowest BCUT2D eigenvalue weighted by atomic mass is 10.3. The highest BCUT2D eigenvalue weighted by Crippen LogP contribution is 2.07. The number of nitrogens with one attached hydrogen (secondary N) is 1. The summed E-state index contributed by atoms with van der Waals surface area (Å²) in [6, 6.07) is 0. The third kappa shape index (κ3) is 4.07. The van der Waals surface area contributed by atoms with Gasteiger partial charge in [0.1, 0.15) is 0 Å². The Balaban J connectivity index is 3.75. The van der Waals surface area contributed by atoms with Crippen molar-refractivity contribution in [1.82, 2.24) is 10.2 Å². The van der Waals surface area contributed by atoms with Gasteiger partial charge in [0, 0.05) is 20.1 Å². The predicted molar refractivity (Wildman–Crippen MR) is 54.6 cm³/mol. The molecule has 0 fully saturated rings. The van der Waals surface area contributed by atoms with E-state index < -0.39 is 0 Å². The van der Waals surface area contributed by atoms with Gasteiger partial charge in [-0.25, -0.2) is 0 Å². The number of carbonyl (C=O) groups is 1. The summed E-state index contributed by atoms with van der Waals surface area (Å²) in [6.45, 7) is 3.59. The van der Waals surface area contributed by atoms with Crippen LogP contribution in [0.15, 0.2) is 0 Å². The molecule has 12 heavy (non-hydrogen) atoms. The quantitative estimate of drug-likeness (QED) is 0.718. The number of hydrogen-bond donors (Lipinski definition) is 1. The molecular formula is C8H17BrN2O. The fourth-order valence-corrected chi connectivity index (χ4v) is 1.15. The molecular weight excluding hydrogens is 220 g/mol. The smallest absolute Gasteiger partial charge is 0.236 e. The van der Waals surface area contributed by atoms with Crippen molar-refractivity contribution in [2.45, 2.75) is 18.2 Å². The van der Waals surface area contributed by atoms with Crippen LogP contribution < -0.4 is 5.32 Å². The standard InChI is InChI=1S/C8H17BrN2O/c1-4-7(9)8(12)11(3)6-5-10-2/h7,10H,4-6H2,1-3H3. The Hall–Kier alpha value is -0.0900. The van der Waals surface area contributed by atoms with Crippen molar-refractivity contribution in [2.75, 3.05) is 27.2 Å². The average Bonchev–Trinajstić information content (AvgIpc) is 2.11. The van der Waals surface area contributed by atoms with E-state index in [1.807, 2.05) is 21.0 Å². The number of rotatable bonds is 5. The number of nitrogens with zero attached hydrogens (tertiary/aromatic N) is 1. The zero-order chi connectivity index (χ0) is 9.56. The first-order chi connectivity index (χ1) is 5.63. The molecule has 0 aromatic heterocycles. The lowest BCUT2D eigenvalue weighted by molar-refractivity contribution is -0.129. The maximum absolute atomic E-state index is 11.4. The van der Waals surface area contributed by atoms with E-state index in [0.717, 1.165) is 19.5 Å². The summed E-state index contributed by atoms with van der Waals surface area (Å²) >= 11 is 3.32. The van der Waals surface area contributed by atoms with Gasteiger partial charge in [0.25, 0.3) is 0 Å². The minimum absolute atomic E-state index is 0.0284. The molecule has 72 valence electrons. The Morgan fingerprint density at radius 1 is 1.67 bits per heavy atom. The van der Waals surface area contributed by atoms with Crippen molar-refractivity contribution in [2.24, 2.45) is 0 Å². The topological polar surface area (TPSA) is 32.3 Å². The molecule has 1 atom stereocenters. The van der Waals surface area contributed by atoms with E-state index in [-0.39, 0.29) is 10.7 Å². The molecule has 0 aromatic rings. The molecule has 0 spiro atoms. The predicted octanol–water partition coefficient (Wildman–Crippen LogP) is 0.838. The van der Waals surface area contributed by atoms with Gasteiger partial charge >= 0.3 is 0 Å². The van der Waals surface area contributed by atoms with Crippen LogP contribution in [0.5, 0.6) is 0 Å². The summed E-state index contributed by atoms with van der Waals surface area (Å²) in [5.41, 5.74) is 0. The van der Waals surface area contributed by atoms with Crippen molar-refractivity contribution < 1.29 is 4.79 Å². The highest BCUT2D eigenvalue weighted by Gasteiger charge is 2.15. The van der Waals surface area contributed by atoms with Crippen LogP contribution >= 0.6 is 15.9 Å². The molecule has 3 nitrogen and oxygen atoms in total. The van der Waals surface area contributed by atoms with Crippen LogP contribution in [0.1, 0.15) is 13.3 Å². The van der Waals surface area contributed by atoms with Crippen LogP contribution in [0.3, 0.4) is 0 Å². The van der Waals surface area contributed by atoms with Gasteiger partial charge in [-0.2, -0.15) is 0 Å². The number of carbonyl (C=O) groups excluding carboxylic acids is 1. The second-order valence-corrected chi connectivity index (χ2v) is 3.84. The van der Waals surface area contributed by atoms with E-state index in [9.17, 15) is 4.79 Å². The van der Waals surface area contributed by atoms with Crippen molar-refractivity contribution >= 4 is 21.8 Å². The van der Waals surface area contributed by atoms with Crippen molar-refractivity contribution in [3.05, 3.63) is 0 Å². The Morgan fingerprint density at radius 3 is 2.67 bits per heavy atom. The van der Waals surface area contributed by atoms with Crippen LogP contribution in [0.25, 0.3) is 0 Å². The van der Waals surface area contributed by atoms with Gasteiger partial charge in [0.2, 0.25) is 5.91 Å². The molecule has 1 N–H and O–H groups in total. The zero-order valence-electron chi connectivity index (χ0n) is 7.93. The molecule has 4 heteroatoms.